The van der Waals surface area contributed by atoms with Crippen LogP contribution in [0.25, 0.3) is 11.0 Å². The molecular weight excluding hydrogens is 442 g/mol. The standard InChI is InChI=1S/C24H19N3O7/c1-32-19-12-7-14(13-20(19)33-2)23(28)26-21-17-5-3-4-6-18(17)34-22(21)24(29)25-15-8-10-16(11-9-15)27(30)31/h3-13H,1-2H3,(H,25,29)(H,26,28). The molecule has 4 rings (SSSR count). The maximum absolute atomic E-state index is 13.0. The van der Waals surface area contributed by atoms with E-state index in [4.69, 9.17) is 13.9 Å². The summed E-state index contributed by atoms with van der Waals surface area (Å²) in [6.45, 7) is 0. The summed E-state index contributed by atoms with van der Waals surface area (Å²) in [6, 6.07) is 16.9. The Morgan fingerprint density at radius 3 is 2.26 bits per heavy atom. The van der Waals surface area contributed by atoms with Gasteiger partial charge in [0.25, 0.3) is 17.5 Å². The molecule has 0 radical (unpaired) electrons. The lowest BCUT2D eigenvalue weighted by molar-refractivity contribution is -0.384. The molecule has 0 aliphatic carbocycles. The Bertz CT molecular complexity index is 1390. The number of fused-ring (bicyclic) bond motifs is 1. The third-order valence-electron chi connectivity index (χ3n) is 5.02. The summed E-state index contributed by atoms with van der Waals surface area (Å²) in [5.41, 5.74) is 1.09. The number of hydrogen-bond donors (Lipinski definition) is 2. The molecule has 0 fully saturated rings. The van der Waals surface area contributed by atoms with E-state index in [-0.39, 0.29) is 22.7 Å². The number of furan rings is 1. The molecule has 10 heteroatoms. The van der Waals surface area contributed by atoms with Crippen LogP contribution in [0.3, 0.4) is 0 Å². The number of methoxy groups -OCH3 is 2. The van der Waals surface area contributed by atoms with Crippen molar-refractivity contribution in [2.24, 2.45) is 0 Å². The molecule has 0 saturated carbocycles. The van der Waals surface area contributed by atoms with Gasteiger partial charge in [0.05, 0.1) is 19.1 Å². The third kappa shape index (κ3) is 4.37. The zero-order valence-corrected chi connectivity index (χ0v) is 18.2. The maximum atomic E-state index is 13.0. The number of nitrogens with one attached hydrogen (secondary N) is 2. The second-order valence-electron chi connectivity index (χ2n) is 7.08. The number of ether oxygens (including phenoxy) is 2. The number of rotatable bonds is 7. The van der Waals surface area contributed by atoms with Gasteiger partial charge in [0.15, 0.2) is 11.5 Å². The quantitative estimate of drug-likeness (QED) is 0.296. The molecule has 1 aromatic heterocycles. The van der Waals surface area contributed by atoms with Gasteiger partial charge in [-0.25, -0.2) is 0 Å². The summed E-state index contributed by atoms with van der Waals surface area (Å²) in [4.78, 5) is 36.3. The van der Waals surface area contributed by atoms with Gasteiger partial charge in [-0.2, -0.15) is 0 Å². The molecule has 0 aliphatic rings. The van der Waals surface area contributed by atoms with Crippen molar-refractivity contribution < 1.29 is 28.4 Å². The smallest absolute Gasteiger partial charge is 0.293 e. The van der Waals surface area contributed by atoms with Crippen molar-refractivity contribution in [3.63, 3.8) is 0 Å². The number of anilines is 2. The van der Waals surface area contributed by atoms with Crippen molar-refractivity contribution in [1.82, 2.24) is 0 Å². The largest absolute Gasteiger partial charge is 0.493 e. The minimum atomic E-state index is -0.632. The predicted octanol–water partition coefficient (Wildman–Crippen LogP) is 4.86. The molecule has 10 nitrogen and oxygen atoms in total. The molecule has 2 amide bonds. The minimum Gasteiger partial charge on any atom is -0.493 e. The third-order valence-corrected chi connectivity index (χ3v) is 5.02. The van der Waals surface area contributed by atoms with Crippen LogP contribution in [-0.2, 0) is 0 Å². The van der Waals surface area contributed by atoms with Crippen LogP contribution < -0.4 is 20.1 Å². The van der Waals surface area contributed by atoms with Gasteiger partial charge in [-0.05, 0) is 42.5 Å². The highest BCUT2D eigenvalue weighted by atomic mass is 16.6. The van der Waals surface area contributed by atoms with E-state index in [0.717, 1.165) is 0 Å². The average Bonchev–Trinajstić information content (AvgIpc) is 3.22. The molecule has 0 unspecified atom stereocenters. The number of hydrogen-bond acceptors (Lipinski definition) is 7. The van der Waals surface area contributed by atoms with E-state index in [2.05, 4.69) is 10.6 Å². The highest BCUT2D eigenvalue weighted by molar-refractivity contribution is 6.17. The zero-order valence-electron chi connectivity index (χ0n) is 18.2. The Kier molecular flexibility index (Phi) is 6.13. The van der Waals surface area contributed by atoms with Gasteiger partial charge in [-0.15, -0.1) is 0 Å². The number of carbonyl (C=O) groups excluding carboxylic acids is 2. The van der Waals surface area contributed by atoms with Crippen molar-refractivity contribution in [2.75, 3.05) is 24.9 Å². The van der Waals surface area contributed by atoms with Crippen molar-refractivity contribution in [2.45, 2.75) is 0 Å². The van der Waals surface area contributed by atoms with Crippen LogP contribution in [0.2, 0.25) is 0 Å². The maximum Gasteiger partial charge on any atom is 0.293 e. The SMILES string of the molecule is COc1ccc(C(=O)Nc2c(C(=O)Nc3ccc([N+](=O)[O-])cc3)oc3ccccc23)cc1OC. The van der Waals surface area contributed by atoms with Crippen molar-refractivity contribution >= 4 is 39.8 Å². The fraction of sp³-hybridized carbons (Fsp3) is 0.0833. The monoisotopic (exact) mass is 461 g/mol. The van der Waals surface area contributed by atoms with Crippen LogP contribution in [-0.4, -0.2) is 31.0 Å². The minimum absolute atomic E-state index is 0.107. The first-order valence-electron chi connectivity index (χ1n) is 10.0. The van der Waals surface area contributed by atoms with E-state index < -0.39 is 16.7 Å². The summed E-state index contributed by atoms with van der Waals surface area (Å²) >= 11 is 0. The molecule has 0 saturated heterocycles. The number of nitro benzene ring substituents is 1. The lowest BCUT2D eigenvalue weighted by Crippen LogP contribution is -2.17. The van der Waals surface area contributed by atoms with E-state index >= 15 is 0 Å². The van der Waals surface area contributed by atoms with Crippen LogP contribution in [0.1, 0.15) is 20.9 Å². The normalized spacial score (nSPS) is 10.5. The van der Waals surface area contributed by atoms with Gasteiger partial charge in [-0.1, -0.05) is 12.1 Å². The molecule has 0 bridgehead atoms. The van der Waals surface area contributed by atoms with Crippen LogP contribution in [0, 0.1) is 10.1 Å². The second kappa shape index (κ2) is 9.33. The van der Waals surface area contributed by atoms with Gasteiger partial charge in [0, 0.05) is 28.8 Å². The first kappa shape index (κ1) is 22.3. The highest BCUT2D eigenvalue weighted by Gasteiger charge is 2.23. The summed E-state index contributed by atoms with van der Waals surface area (Å²) in [6.07, 6.45) is 0. The number of non-ortho nitro benzene ring substituents is 1. The molecule has 172 valence electrons. The van der Waals surface area contributed by atoms with E-state index in [1.54, 1.807) is 36.4 Å². The number of para-hydroxylation sites is 1. The number of benzene rings is 3. The van der Waals surface area contributed by atoms with Gasteiger partial charge in [-0.3, -0.25) is 19.7 Å². The fourth-order valence-electron chi connectivity index (χ4n) is 3.35. The Hall–Kier alpha value is -4.86. The van der Waals surface area contributed by atoms with Crippen LogP contribution in [0.5, 0.6) is 11.5 Å². The summed E-state index contributed by atoms with van der Waals surface area (Å²) in [7, 11) is 2.95. The van der Waals surface area contributed by atoms with E-state index in [1.165, 1.54) is 44.6 Å². The van der Waals surface area contributed by atoms with Gasteiger partial charge in [0.1, 0.15) is 11.3 Å². The molecular formula is C24H19N3O7. The van der Waals surface area contributed by atoms with E-state index in [0.29, 0.717) is 28.2 Å². The Morgan fingerprint density at radius 2 is 1.59 bits per heavy atom. The molecule has 0 atom stereocenters. The Balaban J connectivity index is 1.65. The van der Waals surface area contributed by atoms with Crippen LogP contribution >= 0.6 is 0 Å². The second-order valence-corrected chi connectivity index (χ2v) is 7.08. The molecule has 4 aromatic rings. The Morgan fingerprint density at radius 1 is 0.882 bits per heavy atom. The number of amides is 2. The van der Waals surface area contributed by atoms with Gasteiger partial charge >= 0.3 is 0 Å². The zero-order chi connectivity index (χ0) is 24.2. The molecule has 1 heterocycles. The topological polar surface area (TPSA) is 133 Å². The highest BCUT2D eigenvalue weighted by Crippen LogP contribution is 2.33. The molecule has 3 aromatic carbocycles. The number of nitrogens with zero attached hydrogens (tertiary/aromatic N) is 1. The average molecular weight is 461 g/mol. The van der Waals surface area contributed by atoms with Gasteiger partial charge < -0.3 is 24.5 Å². The van der Waals surface area contributed by atoms with Crippen molar-refractivity contribution in [3.8, 4) is 11.5 Å². The Labute approximate surface area is 193 Å². The van der Waals surface area contributed by atoms with Crippen molar-refractivity contribution in [1.29, 1.82) is 0 Å². The van der Waals surface area contributed by atoms with E-state index in [1.807, 2.05) is 0 Å². The first-order chi connectivity index (χ1) is 16.4. The van der Waals surface area contributed by atoms with Crippen LogP contribution in [0.15, 0.2) is 71.1 Å². The van der Waals surface area contributed by atoms with E-state index in [9.17, 15) is 19.7 Å². The lowest BCUT2D eigenvalue weighted by Gasteiger charge is -2.10. The molecule has 2 N–H and O–H groups in total. The summed E-state index contributed by atoms with van der Waals surface area (Å²) in [5, 5.41) is 16.8. The summed E-state index contributed by atoms with van der Waals surface area (Å²) in [5.74, 6) is -0.391. The first-order valence-corrected chi connectivity index (χ1v) is 10.0. The van der Waals surface area contributed by atoms with Crippen molar-refractivity contribution in [3.05, 3.63) is 88.2 Å². The molecule has 34 heavy (non-hydrogen) atoms. The van der Waals surface area contributed by atoms with Gasteiger partial charge in [0.2, 0.25) is 5.76 Å². The predicted molar refractivity (Wildman–Crippen MR) is 125 cm³/mol. The molecule has 0 aliphatic heterocycles. The fourth-order valence-corrected chi connectivity index (χ4v) is 3.35. The summed E-state index contributed by atoms with van der Waals surface area (Å²) < 4.78 is 16.2. The van der Waals surface area contributed by atoms with Crippen LogP contribution in [0.4, 0.5) is 17.1 Å². The number of nitro groups is 1. The number of carbonyl (C=O) groups is 2. The lowest BCUT2D eigenvalue weighted by atomic mass is 10.1. The molecule has 0 spiro atoms.